The summed E-state index contributed by atoms with van der Waals surface area (Å²) in [6.07, 6.45) is 4.06. The Balaban J connectivity index is 1.54. The minimum atomic E-state index is -4.42. The van der Waals surface area contributed by atoms with Crippen molar-refractivity contribution in [3.8, 4) is 5.82 Å². The molecule has 17 heteroatoms. The van der Waals surface area contributed by atoms with Gasteiger partial charge in [0.15, 0.2) is 11.6 Å². The van der Waals surface area contributed by atoms with Gasteiger partial charge in [0.2, 0.25) is 26.0 Å². The zero-order valence-electron chi connectivity index (χ0n) is 17.9. The van der Waals surface area contributed by atoms with Crippen LogP contribution in [0.15, 0.2) is 46.7 Å². The summed E-state index contributed by atoms with van der Waals surface area (Å²) in [5.74, 6) is 0.00168. The van der Waals surface area contributed by atoms with Crippen LogP contribution in [0, 0.1) is 5.92 Å². The van der Waals surface area contributed by atoms with Crippen molar-refractivity contribution >= 4 is 49.1 Å². The number of anilines is 2. The largest absolute Gasteiger partial charge is 0.354 e. The summed E-state index contributed by atoms with van der Waals surface area (Å²) in [7, 11) is -8.75. The third kappa shape index (κ3) is 5.57. The molecule has 1 unspecified atom stereocenters. The van der Waals surface area contributed by atoms with Crippen LogP contribution in [0.25, 0.3) is 5.82 Å². The zero-order chi connectivity index (χ0) is 25.4. The highest BCUT2D eigenvalue weighted by Gasteiger charge is 2.29. The quantitative estimate of drug-likeness (QED) is 0.376. The number of benzene rings is 1. The van der Waals surface area contributed by atoms with Crippen LogP contribution in [0.4, 0.5) is 11.5 Å². The summed E-state index contributed by atoms with van der Waals surface area (Å²) in [5.41, 5.74) is -0.246. The normalized spacial score (nSPS) is 16.8. The Morgan fingerprint density at radius 1 is 1.06 bits per heavy atom. The second kappa shape index (κ2) is 9.46. The molecule has 4 rings (SSSR count). The summed E-state index contributed by atoms with van der Waals surface area (Å²) < 4.78 is 49.0. The van der Waals surface area contributed by atoms with Crippen LogP contribution in [0.3, 0.4) is 0 Å². The van der Waals surface area contributed by atoms with Crippen LogP contribution < -0.4 is 20.5 Å². The molecule has 14 nitrogen and oxygen atoms in total. The van der Waals surface area contributed by atoms with Crippen molar-refractivity contribution in [1.82, 2.24) is 25.0 Å². The number of hydrogen-bond donors (Lipinski definition) is 3. The monoisotopic (exact) mass is 541 g/mol. The van der Waals surface area contributed by atoms with Gasteiger partial charge in [0.1, 0.15) is 22.4 Å². The molecule has 1 aliphatic rings. The predicted octanol–water partition coefficient (Wildman–Crippen LogP) is -0.139. The molecule has 35 heavy (non-hydrogen) atoms. The fourth-order valence-corrected chi connectivity index (χ4v) is 5.53. The molecular weight excluding hydrogens is 522 g/mol. The lowest BCUT2D eigenvalue weighted by Crippen LogP contribution is -2.41. The van der Waals surface area contributed by atoms with E-state index < -0.39 is 41.7 Å². The number of sulfonamides is 2. The van der Waals surface area contributed by atoms with Gasteiger partial charge in [-0.15, -0.1) is 10.2 Å². The molecule has 186 valence electrons. The van der Waals surface area contributed by atoms with Gasteiger partial charge in [-0.25, -0.2) is 36.8 Å². The molecule has 3 heterocycles. The lowest BCUT2D eigenvalue weighted by Gasteiger charge is -2.32. The summed E-state index contributed by atoms with van der Waals surface area (Å²) >= 11 is 5.98. The topological polar surface area (TPSA) is 209 Å². The molecule has 2 aromatic heterocycles. The van der Waals surface area contributed by atoms with Crippen LogP contribution >= 0.6 is 11.6 Å². The molecule has 0 spiro atoms. The van der Waals surface area contributed by atoms with Crippen molar-refractivity contribution in [2.45, 2.75) is 22.6 Å². The van der Waals surface area contributed by atoms with Gasteiger partial charge >= 0.3 is 0 Å². The zero-order valence-corrected chi connectivity index (χ0v) is 20.3. The van der Waals surface area contributed by atoms with E-state index in [0.717, 1.165) is 12.1 Å². The number of piperidine rings is 1. The first-order chi connectivity index (χ1) is 16.4. The number of halogens is 1. The van der Waals surface area contributed by atoms with Crippen molar-refractivity contribution in [1.29, 1.82) is 0 Å². The van der Waals surface area contributed by atoms with E-state index in [1.807, 2.05) is 4.90 Å². The first-order valence-electron chi connectivity index (χ1n) is 10.1. The number of primary sulfonamides is 2. The maximum absolute atomic E-state index is 13.0. The number of nitrogens with zero attached hydrogens (tertiary/aromatic N) is 6. The summed E-state index contributed by atoms with van der Waals surface area (Å²) in [6, 6.07) is 5.18. The molecule has 0 bridgehead atoms. The van der Waals surface area contributed by atoms with Gasteiger partial charge in [-0.2, -0.15) is 5.10 Å². The van der Waals surface area contributed by atoms with Crippen molar-refractivity contribution in [2.75, 3.05) is 23.3 Å². The van der Waals surface area contributed by atoms with Gasteiger partial charge in [-0.1, -0.05) is 11.6 Å². The first-order valence-corrected chi connectivity index (χ1v) is 13.5. The number of nitrogens with one attached hydrogen (secondary N) is 1. The molecule has 1 aromatic carbocycles. The Morgan fingerprint density at radius 2 is 1.74 bits per heavy atom. The van der Waals surface area contributed by atoms with Gasteiger partial charge in [0, 0.05) is 13.1 Å². The van der Waals surface area contributed by atoms with E-state index in [-0.39, 0.29) is 17.3 Å². The molecule has 0 radical (unpaired) electrons. The molecule has 5 N–H and O–H groups in total. The third-order valence-electron chi connectivity index (χ3n) is 5.31. The van der Waals surface area contributed by atoms with E-state index in [1.54, 1.807) is 12.1 Å². The van der Waals surface area contributed by atoms with Crippen LogP contribution in [0.5, 0.6) is 0 Å². The number of carbonyl (C=O) groups excluding carboxylic acids is 1. The van der Waals surface area contributed by atoms with E-state index in [0.29, 0.717) is 31.0 Å². The molecule has 1 amide bonds. The van der Waals surface area contributed by atoms with E-state index in [2.05, 4.69) is 25.6 Å². The molecule has 1 saturated heterocycles. The van der Waals surface area contributed by atoms with Gasteiger partial charge in [-0.3, -0.25) is 4.79 Å². The molecule has 1 fully saturated rings. The van der Waals surface area contributed by atoms with Crippen LogP contribution in [0.1, 0.15) is 12.8 Å². The molecule has 3 aromatic rings. The Morgan fingerprint density at radius 3 is 2.34 bits per heavy atom. The maximum atomic E-state index is 13.0. The summed E-state index contributed by atoms with van der Waals surface area (Å²) in [6.45, 7) is 0.926. The number of nitrogens with two attached hydrogens (primary N) is 2. The SMILES string of the molecule is NS(=O)(=O)c1cc(S(N)(=O)=O)c(NC(=O)C2CCCN(c3ccc(-n4cncn4)nn3)C2)cc1Cl. The number of rotatable bonds is 6. The average Bonchev–Trinajstić information content (AvgIpc) is 3.33. The second-order valence-electron chi connectivity index (χ2n) is 7.73. The second-order valence-corrected chi connectivity index (χ2v) is 11.2. The average molecular weight is 542 g/mol. The number of aromatic nitrogens is 5. The smallest absolute Gasteiger partial charge is 0.240 e. The highest BCUT2D eigenvalue weighted by molar-refractivity contribution is 7.90. The minimum Gasteiger partial charge on any atom is -0.354 e. The van der Waals surface area contributed by atoms with E-state index in [1.165, 1.54) is 17.3 Å². The summed E-state index contributed by atoms with van der Waals surface area (Å²) in [5, 5.41) is 24.8. The van der Waals surface area contributed by atoms with E-state index in [4.69, 9.17) is 21.9 Å². The van der Waals surface area contributed by atoms with Gasteiger partial charge in [-0.05, 0) is 37.1 Å². The summed E-state index contributed by atoms with van der Waals surface area (Å²) in [4.78, 5) is 17.5. The van der Waals surface area contributed by atoms with Crippen LogP contribution in [-0.4, -0.2) is 60.8 Å². The molecule has 0 saturated carbocycles. The maximum Gasteiger partial charge on any atom is 0.240 e. The fraction of sp³-hybridized carbons (Fsp3) is 0.278. The van der Waals surface area contributed by atoms with Gasteiger partial charge in [0.05, 0.1) is 16.6 Å². The Bertz CT molecular complexity index is 1460. The predicted molar refractivity (Wildman–Crippen MR) is 125 cm³/mol. The molecule has 1 atom stereocenters. The third-order valence-corrected chi connectivity index (χ3v) is 7.64. The van der Waals surface area contributed by atoms with Gasteiger partial charge < -0.3 is 10.2 Å². The van der Waals surface area contributed by atoms with Crippen molar-refractivity contribution in [2.24, 2.45) is 16.2 Å². The lowest BCUT2D eigenvalue weighted by atomic mass is 9.97. The van der Waals surface area contributed by atoms with Gasteiger partial charge in [0.25, 0.3) is 0 Å². The Kier molecular flexibility index (Phi) is 6.74. The number of amides is 1. The highest BCUT2D eigenvalue weighted by Crippen LogP contribution is 2.31. The number of carbonyl (C=O) groups is 1. The lowest BCUT2D eigenvalue weighted by molar-refractivity contribution is -0.120. The minimum absolute atomic E-state index is 0.246. The van der Waals surface area contributed by atoms with E-state index in [9.17, 15) is 21.6 Å². The molecule has 0 aliphatic carbocycles. The Labute approximate surface area is 205 Å². The number of hydrogen-bond acceptors (Lipinski definition) is 10. The van der Waals surface area contributed by atoms with Crippen LogP contribution in [0.2, 0.25) is 5.02 Å². The van der Waals surface area contributed by atoms with Crippen molar-refractivity contribution in [3.05, 3.63) is 41.9 Å². The van der Waals surface area contributed by atoms with Crippen LogP contribution in [-0.2, 0) is 24.8 Å². The standard InChI is InChI=1S/C18H20ClN9O5S2/c19-12-6-13(15(35(21,32)33)7-14(12)34(20,30)31)24-18(29)11-2-1-5-27(8-11)16-3-4-17(26-25-16)28-10-22-9-23-28/h3-4,6-7,9-11H,1-2,5,8H2,(H,24,29)(H2,20,30,31)(H2,21,32,33). The van der Waals surface area contributed by atoms with E-state index >= 15 is 0 Å². The first kappa shape index (κ1) is 24.9. The van der Waals surface area contributed by atoms with Crippen molar-refractivity contribution < 1.29 is 21.6 Å². The highest BCUT2D eigenvalue weighted by atomic mass is 35.5. The molecular formula is C18H20ClN9O5S2. The Hall–Kier alpha value is -3.18. The fourth-order valence-electron chi connectivity index (χ4n) is 3.66. The van der Waals surface area contributed by atoms with Crippen molar-refractivity contribution in [3.63, 3.8) is 0 Å². The molecule has 1 aliphatic heterocycles.